The lowest BCUT2D eigenvalue weighted by Gasteiger charge is -2.10. The summed E-state index contributed by atoms with van der Waals surface area (Å²) in [5.41, 5.74) is 7.13. The zero-order valence-electron chi connectivity index (χ0n) is 9.29. The van der Waals surface area contributed by atoms with E-state index in [1.54, 1.807) is 18.2 Å². The Balaban J connectivity index is 2.10. The molecule has 0 aliphatic heterocycles. The summed E-state index contributed by atoms with van der Waals surface area (Å²) >= 11 is 7.67. The zero-order valence-corrected chi connectivity index (χ0v) is 12.2. The molecule has 0 amide bonds. The minimum Gasteiger partial charge on any atom is -0.487 e. The van der Waals surface area contributed by atoms with E-state index in [0.717, 1.165) is 5.56 Å². The Morgan fingerprint density at radius 3 is 2.56 bits per heavy atom. The highest BCUT2D eigenvalue weighted by atomic mass is 127. The summed E-state index contributed by atoms with van der Waals surface area (Å²) in [4.78, 5) is 0. The summed E-state index contributed by atoms with van der Waals surface area (Å²) in [7, 11) is 0. The van der Waals surface area contributed by atoms with Crippen molar-refractivity contribution in [1.29, 1.82) is 0 Å². The van der Waals surface area contributed by atoms with Gasteiger partial charge in [0.25, 0.3) is 0 Å². The predicted molar refractivity (Wildman–Crippen MR) is 79.3 cm³/mol. The Kier molecular flexibility index (Phi) is 4.29. The van der Waals surface area contributed by atoms with E-state index in [1.807, 2.05) is 34.7 Å². The molecule has 2 aromatic rings. The second kappa shape index (κ2) is 5.75. The molecule has 0 spiro atoms. The van der Waals surface area contributed by atoms with Crippen molar-refractivity contribution in [2.24, 2.45) is 0 Å². The third kappa shape index (κ3) is 3.26. The van der Waals surface area contributed by atoms with Crippen molar-refractivity contribution >= 4 is 39.9 Å². The Morgan fingerprint density at radius 2 is 1.89 bits per heavy atom. The predicted octanol–water partition coefficient (Wildman–Crippen LogP) is 4.24. The van der Waals surface area contributed by atoms with Gasteiger partial charge in [-0.2, -0.15) is 0 Å². The lowest BCUT2D eigenvalue weighted by molar-refractivity contribution is 0.306. The van der Waals surface area contributed by atoms with Gasteiger partial charge in [0.1, 0.15) is 18.2 Å². The van der Waals surface area contributed by atoms with Crippen LogP contribution in [0.15, 0.2) is 36.4 Å². The van der Waals surface area contributed by atoms with E-state index < -0.39 is 0 Å². The number of anilines is 1. The lowest BCUT2D eigenvalue weighted by atomic mass is 10.2. The molecule has 0 unspecified atom stereocenters. The molecule has 0 radical (unpaired) electrons. The van der Waals surface area contributed by atoms with Crippen LogP contribution in [-0.2, 0) is 6.61 Å². The number of nitrogens with two attached hydrogens (primary N) is 1. The van der Waals surface area contributed by atoms with Gasteiger partial charge in [-0.15, -0.1) is 0 Å². The fourth-order valence-electron chi connectivity index (χ4n) is 1.41. The van der Waals surface area contributed by atoms with Crippen LogP contribution in [0.1, 0.15) is 5.56 Å². The molecule has 2 N–H and O–H groups in total. The molecule has 0 aliphatic carbocycles. The average molecular weight is 378 g/mol. The van der Waals surface area contributed by atoms with Crippen LogP contribution in [0.5, 0.6) is 5.75 Å². The van der Waals surface area contributed by atoms with Crippen LogP contribution in [0, 0.1) is 9.39 Å². The number of hydrogen-bond acceptors (Lipinski definition) is 2. The fraction of sp³-hybridized carbons (Fsp3) is 0.0769. The van der Waals surface area contributed by atoms with Crippen molar-refractivity contribution in [2.45, 2.75) is 6.61 Å². The van der Waals surface area contributed by atoms with Gasteiger partial charge in [-0.1, -0.05) is 23.7 Å². The molecular formula is C13H10ClFINO. The topological polar surface area (TPSA) is 35.2 Å². The summed E-state index contributed by atoms with van der Waals surface area (Å²) in [6, 6.07) is 10.1. The molecule has 2 aromatic carbocycles. The quantitative estimate of drug-likeness (QED) is 0.641. The summed E-state index contributed by atoms with van der Waals surface area (Å²) in [5.74, 6) is 0.0128. The highest BCUT2D eigenvalue weighted by molar-refractivity contribution is 14.1. The summed E-state index contributed by atoms with van der Waals surface area (Å²) < 4.78 is 19.3. The van der Waals surface area contributed by atoms with E-state index in [-0.39, 0.29) is 5.82 Å². The van der Waals surface area contributed by atoms with E-state index >= 15 is 0 Å². The van der Waals surface area contributed by atoms with E-state index in [2.05, 4.69) is 0 Å². The number of nitrogen functional groups attached to an aromatic ring is 1. The standard InChI is InChI=1S/C13H10ClFINO/c14-9-3-1-8(2-4-9)7-18-13-5-10(15)11(16)6-12(13)17/h1-6H,7,17H2. The van der Waals surface area contributed by atoms with Crippen molar-refractivity contribution in [2.75, 3.05) is 5.73 Å². The van der Waals surface area contributed by atoms with E-state index in [9.17, 15) is 4.39 Å². The molecule has 94 valence electrons. The van der Waals surface area contributed by atoms with Gasteiger partial charge in [0.15, 0.2) is 0 Å². The monoisotopic (exact) mass is 377 g/mol. The molecular weight excluding hydrogens is 368 g/mol. The van der Waals surface area contributed by atoms with Gasteiger partial charge in [-0.25, -0.2) is 4.39 Å². The third-order valence-corrected chi connectivity index (χ3v) is 3.44. The van der Waals surface area contributed by atoms with Gasteiger partial charge in [0.05, 0.1) is 9.26 Å². The van der Waals surface area contributed by atoms with E-state index in [0.29, 0.717) is 26.6 Å². The highest BCUT2D eigenvalue weighted by Gasteiger charge is 2.07. The Labute approximate surface area is 123 Å². The number of hydrogen-bond donors (Lipinski definition) is 1. The second-order valence-corrected chi connectivity index (χ2v) is 5.32. The van der Waals surface area contributed by atoms with Gasteiger partial charge < -0.3 is 10.5 Å². The maximum atomic E-state index is 13.4. The van der Waals surface area contributed by atoms with Gasteiger partial charge >= 0.3 is 0 Å². The Bertz CT molecular complexity index is 560. The van der Waals surface area contributed by atoms with Crippen molar-refractivity contribution in [3.05, 3.63) is 56.4 Å². The number of rotatable bonds is 3. The first kappa shape index (κ1) is 13.4. The van der Waals surface area contributed by atoms with Gasteiger partial charge in [-0.05, 0) is 46.4 Å². The van der Waals surface area contributed by atoms with Gasteiger partial charge in [-0.3, -0.25) is 0 Å². The molecule has 0 bridgehead atoms. The number of benzene rings is 2. The maximum Gasteiger partial charge on any atom is 0.145 e. The Morgan fingerprint density at radius 1 is 1.22 bits per heavy atom. The van der Waals surface area contributed by atoms with Crippen LogP contribution >= 0.6 is 34.2 Å². The second-order valence-electron chi connectivity index (χ2n) is 3.72. The van der Waals surface area contributed by atoms with Gasteiger partial charge in [0, 0.05) is 11.1 Å². The summed E-state index contributed by atoms with van der Waals surface area (Å²) in [6.45, 7) is 0.321. The molecule has 2 nitrogen and oxygen atoms in total. The molecule has 2 rings (SSSR count). The Hall–Kier alpha value is -1.01. The first-order valence-electron chi connectivity index (χ1n) is 5.18. The van der Waals surface area contributed by atoms with Crippen LogP contribution in [0.3, 0.4) is 0 Å². The molecule has 18 heavy (non-hydrogen) atoms. The SMILES string of the molecule is Nc1cc(I)c(F)cc1OCc1ccc(Cl)cc1. The molecule has 0 saturated heterocycles. The first-order chi connectivity index (χ1) is 8.56. The molecule has 5 heteroatoms. The molecule has 0 aliphatic rings. The molecule has 0 fully saturated rings. The number of halogens is 3. The van der Waals surface area contributed by atoms with Gasteiger partial charge in [0.2, 0.25) is 0 Å². The van der Waals surface area contributed by atoms with Crippen molar-refractivity contribution in [3.8, 4) is 5.75 Å². The molecule has 0 saturated carbocycles. The fourth-order valence-corrected chi connectivity index (χ4v) is 2.03. The normalized spacial score (nSPS) is 10.4. The maximum absolute atomic E-state index is 13.4. The van der Waals surface area contributed by atoms with Crippen LogP contribution in [0.25, 0.3) is 0 Å². The summed E-state index contributed by atoms with van der Waals surface area (Å²) in [5, 5.41) is 0.665. The minimum absolute atomic E-state index is 0.321. The van der Waals surface area contributed by atoms with Crippen LogP contribution < -0.4 is 10.5 Å². The first-order valence-corrected chi connectivity index (χ1v) is 6.63. The smallest absolute Gasteiger partial charge is 0.145 e. The largest absolute Gasteiger partial charge is 0.487 e. The van der Waals surface area contributed by atoms with Crippen molar-refractivity contribution < 1.29 is 9.13 Å². The highest BCUT2D eigenvalue weighted by Crippen LogP contribution is 2.27. The van der Waals surface area contributed by atoms with Crippen molar-refractivity contribution in [3.63, 3.8) is 0 Å². The van der Waals surface area contributed by atoms with E-state index in [1.165, 1.54) is 6.07 Å². The van der Waals surface area contributed by atoms with Crippen molar-refractivity contribution in [1.82, 2.24) is 0 Å². The molecule has 0 heterocycles. The number of ether oxygens (including phenoxy) is 1. The average Bonchev–Trinajstić information content (AvgIpc) is 2.34. The van der Waals surface area contributed by atoms with Crippen LogP contribution in [-0.4, -0.2) is 0 Å². The molecule has 0 atom stereocenters. The lowest BCUT2D eigenvalue weighted by Crippen LogP contribution is -2.00. The third-order valence-electron chi connectivity index (χ3n) is 2.36. The minimum atomic E-state index is -0.337. The van der Waals surface area contributed by atoms with Crippen LogP contribution in [0.4, 0.5) is 10.1 Å². The van der Waals surface area contributed by atoms with Crippen LogP contribution in [0.2, 0.25) is 5.02 Å². The van der Waals surface area contributed by atoms with E-state index in [4.69, 9.17) is 22.1 Å². The molecule has 0 aromatic heterocycles. The zero-order chi connectivity index (χ0) is 13.1. The summed E-state index contributed by atoms with van der Waals surface area (Å²) in [6.07, 6.45) is 0.